The third-order valence-corrected chi connectivity index (χ3v) is 6.69. The van der Waals surface area contributed by atoms with Crippen LogP contribution in [-0.4, -0.2) is 38.9 Å². The average Bonchev–Trinajstić information content (AvgIpc) is 3.44. The predicted octanol–water partition coefficient (Wildman–Crippen LogP) is 4.06. The molecule has 0 radical (unpaired) electrons. The standard InChI is InChI=1S/C24H25N5O2S/c30-21(25-19-8-4-9-20(14-19)28-13-5-10-22(28)31)16-32-24-27-26-23(18-11-12-18)29(24)15-17-6-2-1-3-7-17/h1-4,6-9,14,18H,5,10-13,15-16H2,(H,25,30). The first-order valence-corrected chi connectivity index (χ1v) is 12.0. The van der Waals surface area contributed by atoms with Crippen LogP contribution in [0.4, 0.5) is 11.4 Å². The maximum Gasteiger partial charge on any atom is 0.234 e. The Morgan fingerprint density at radius 2 is 1.94 bits per heavy atom. The van der Waals surface area contributed by atoms with Gasteiger partial charge in [-0.05, 0) is 43.0 Å². The molecule has 2 aliphatic rings. The van der Waals surface area contributed by atoms with Crippen molar-refractivity contribution in [2.24, 2.45) is 0 Å². The first-order valence-electron chi connectivity index (χ1n) is 11.0. The fraction of sp³-hybridized carbons (Fsp3) is 0.333. The van der Waals surface area contributed by atoms with Gasteiger partial charge in [0.15, 0.2) is 5.16 Å². The van der Waals surface area contributed by atoms with Crippen molar-refractivity contribution in [1.82, 2.24) is 14.8 Å². The lowest BCUT2D eigenvalue weighted by Gasteiger charge is -2.16. The lowest BCUT2D eigenvalue weighted by atomic mass is 10.2. The zero-order valence-corrected chi connectivity index (χ0v) is 18.6. The normalized spacial score (nSPS) is 15.9. The van der Waals surface area contributed by atoms with Gasteiger partial charge in [0.25, 0.3) is 0 Å². The highest BCUT2D eigenvalue weighted by Crippen LogP contribution is 2.40. The molecule has 0 atom stereocenters. The number of benzene rings is 2. The second-order valence-corrected chi connectivity index (χ2v) is 9.17. The third-order valence-electron chi connectivity index (χ3n) is 5.72. The van der Waals surface area contributed by atoms with Crippen LogP contribution in [0.25, 0.3) is 0 Å². The molecule has 5 rings (SSSR count). The van der Waals surface area contributed by atoms with E-state index >= 15 is 0 Å². The minimum absolute atomic E-state index is 0.109. The number of anilines is 2. The van der Waals surface area contributed by atoms with Crippen LogP contribution in [0.1, 0.15) is 43.0 Å². The Bertz CT molecular complexity index is 1130. The van der Waals surface area contributed by atoms with Gasteiger partial charge in [-0.3, -0.25) is 9.59 Å². The maximum atomic E-state index is 12.6. The van der Waals surface area contributed by atoms with Crippen molar-refractivity contribution in [3.8, 4) is 0 Å². The summed E-state index contributed by atoms with van der Waals surface area (Å²) >= 11 is 1.40. The smallest absolute Gasteiger partial charge is 0.234 e. The predicted molar refractivity (Wildman–Crippen MR) is 125 cm³/mol. The molecule has 1 aromatic heterocycles. The quantitative estimate of drug-likeness (QED) is 0.527. The van der Waals surface area contributed by atoms with Crippen molar-refractivity contribution < 1.29 is 9.59 Å². The van der Waals surface area contributed by atoms with E-state index in [-0.39, 0.29) is 17.6 Å². The molecule has 0 unspecified atom stereocenters. The summed E-state index contributed by atoms with van der Waals surface area (Å²) in [5, 5.41) is 12.5. The Labute approximate surface area is 191 Å². The van der Waals surface area contributed by atoms with Gasteiger partial charge in [-0.25, -0.2) is 0 Å². The summed E-state index contributed by atoms with van der Waals surface area (Å²) in [6.45, 7) is 1.43. The molecule has 32 heavy (non-hydrogen) atoms. The fourth-order valence-electron chi connectivity index (χ4n) is 3.96. The molecule has 2 heterocycles. The van der Waals surface area contributed by atoms with E-state index in [0.717, 1.165) is 42.5 Å². The Balaban J connectivity index is 1.24. The molecule has 8 heteroatoms. The first kappa shape index (κ1) is 20.8. The van der Waals surface area contributed by atoms with E-state index in [1.54, 1.807) is 4.90 Å². The third kappa shape index (κ3) is 4.70. The number of amides is 2. The topological polar surface area (TPSA) is 80.1 Å². The number of nitrogens with zero attached hydrogens (tertiary/aromatic N) is 4. The van der Waals surface area contributed by atoms with Crippen LogP contribution < -0.4 is 10.2 Å². The second-order valence-electron chi connectivity index (χ2n) is 8.22. The molecule has 0 bridgehead atoms. The van der Waals surface area contributed by atoms with Gasteiger partial charge in [-0.1, -0.05) is 48.2 Å². The highest BCUT2D eigenvalue weighted by molar-refractivity contribution is 7.99. The lowest BCUT2D eigenvalue weighted by molar-refractivity contribution is -0.117. The lowest BCUT2D eigenvalue weighted by Crippen LogP contribution is -2.23. The molecule has 2 aromatic carbocycles. The molecule has 1 saturated heterocycles. The molecule has 1 aliphatic heterocycles. The van der Waals surface area contributed by atoms with Crippen LogP contribution in [0.3, 0.4) is 0 Å². The number of rotatable bonds is 8. The largest absolute Gasteiger partial charge is 0.325 e. The van der Waals surface area contributed by atoms with E-state index in [0.29, 0.717) is 24.6 Å². The molecule has 2 amide bonds. The number of carbonyl (C=O) groups is 2. The molecular formula is C24H25N5O2S. The zero-order valence-electron chi connectivity index (χ0n) is 17.7. The number of hydrogen-bond acceptors (Lipinski definition) is 5. The summed E-state index contributed by atoms with van der Waals surface area (Å²) in [6, 6.07) is 17.7. The van der Waals surface area contributed by atoms with Crippen LogP contribution in [0.2, 0.25) is 0 Å². The van der Waals surface area contributed by atoms with Crippen molar-refractivity contribution in [2.75, 3.05) is 22.5 Å². The number of hydrogen-bond donors (Lipinski definition) is 1. The van der Waals surface area contributed by atoms with Crippen molar-refractivity contribution in [3.63, 3.8) is 0 Å². The van der Waals surface area contributed by atoms with Gasteiger partial charge in [0.1, 0.15) is 5.82 Å². The van der Waals surface area contributed by atoms with Crippen molar-refractivity contribution in [1.29, 1.82) is 0 Å². The van der Waals surface area contributed by atoms with E-state index in [1.165, 1.54) is 17.3 Å². The van der Waals surface area contributed by atoms with Gasteiger partial charge in [0.2, 0.25) is 11.8 Å². The van der Waals surface area contributed by atoms with Crippen LogP contribution in [0, 0.1) is 0 Å². The zero-order chi connectivity index (χ0) is 21.9. The molecule has 2 fully saturated rings. The van der Waals surface area contributed by atoms with Crippen molar-refractivity contribution in [2.45, 2.75) is 43.3 Å². The Morgan fingerprint density at radius 1 is 1.09 bits per heavy atom. The van der Waals surface area contributed by atoms with E-state index in [9.17, 15) is 9.59 Å². The summed E-state index contributed by atoms with van der Waals surface area (Å²) in [7, 11) is 0. The van der Waals surface area contributed by atoms with Crippen molar-refractivity contribution >= 4 is 35.0 Å². The number of aromatic nitrogens is 3. The average molecular weight is 448 g/mol. The minimum Gasteiger partial charge on any atom is -0.325 e. The van der Waals surface area contributed by atoms with E-state index < -0.39 is 0 Å². The molecule has 1 saturated carbocycles. The van der Waals surface area contributed by atoms with Gasteiger partial charge in [0, 0.05) is 30.3 Å². The summed E-state index contributed by atoms with van der Waals surface area (Å²) < 4.78 is 2.14. The molecule has 3 aromatic rings. The van der Waals surface area contributed by atoms with E-state index in [1.807, 2.05) is 42.5 Å². The summed E-state index contributed by atoms with van der Waals surface area (Å²) in [6.07, 6.45) is 3.75. The molecule has 1 N–H and O–H groups in total. The highest BCUT2D eigenvalue weighted by atomic mass is 32.2. The highest BCUT2D eigenvalue weighted by Gasteiger charge is 2.30. The number of nitrogens with one attached hydrogen (secondary N) is 1. The van der Waals surface area contributed by atoms with Crippen LogP contribution in [-0.2, 0) is 16.1 Å². The van der Waals surface area contributed by atoms with E-state index in [4.69, 9.17) is 0 Å². The van der Waals surface area contributed by atoms with Gasteiger partial charge >= 0.3 is 0 Å². The van der Waals surface area contributed by atoms with Crippen molar-refractivity contribution in [3.05, 3.63) is 66.0 Å². The van der Waals surface area contributed by atoms with Crippen LogP contribution in [0.15, 0.2) is 59.8 Å². The van der Waals surface area contributed by atoms with Gasteiger partial charge in [-0.15, -0.1) is 10.2 Å². The maximum absolute atomic E-state index is 12.6. The molecule has 7 nitrogen and oxygen atoms in total. The Morgan fingerprint density at radius 3 is 2.69 bits per heavy atom. The summed E-state index contributed by atoms with van der Waals surface area (Å²) in [5.74, 6) is 1.75. The second kappa shape index (κ2) is 9.16. The molecule has 1 aliphatic carbocycles. The first-order chi connectivity index (χ1) is 15.7. The van der Waals surface area contributed by atoms with Gasteiger partial charge in [-0.2, -0.15) is 0 Å². The Hall–Kier alpha value is -3.13. The fourth-order valence-corrected chi connectivity index (χ4v) is 4.71. The summed E-state index contributed by atoms with van der Waals surface area (Å²) in [4.78, 5) is 26.4. The van der Waals surface area contributed by atoms with Crippen LogP contribution >= 0.6 is 11.8 Å². The van der Waals surface area contributed by atoms with Gasteiger partial charge < -0.3 is 14.8 Å². The molecule has 0 spiro atoms. The minimum atomic E-state index is -0.109. The molecule has 164 valence electrons. The summed E-state index contributed by atoms with van der Waals surface area (Å²) in [5.41, 5.74) is 2.71. The molecular weight excluding hydrogens is 422 g/mol. The Kier molecular flexibility index (Phi) is 5.94. The van der Waals surface area contributed by atoms with Gasteiger partial charge in [0.05, 0.1) is 12.3 Å². The van der Waals surface area contributed by atoms with Crippen LogP contribution in [0.5, 0.6) is 0 Å². The number of thioether (sulfide) groups is 1. The SMILES string of the molecule is O=C(CSc1nnc(C2CC2)n1Cc1ccccc1)Nc1cccc(N2CCCC2=O)c1. The monoisotopic (exact) mass is 447 g/mol. The van der Waals surface area contributed by atoms with E-state index in [2.05, 4.69) is 32.2 Å². The number of carbonyl (C=O) groups excluding carboxylic acids is 2.